The number of aromatic nitrogens is 1. The first kappa shape index (κ1) is 16.0. The van der Waals surface area contributed by atoms with E-state index in [-0.39, 0.29) is 25.1 Å². The van der Waals surface area contributed by atoms with E-state index in [4.69, 9.17) is 4.74 Å². The SMILES string of the molecule is Cc1cc2ccccc2c[n+]1C(=O)OCc1ccccc1.[Cl-]. The number of hydrogen-bond acceptors (Lipinski definition) is 2. The van der Waals surface area contributed by atoms with E-state index in [1.54, 1.807) is 4.57 Å². The molecule has 112 valence electrons. The number of aryl methyl sites for hydroxylation is 1. The van der Waals surface area contributed by atoms with Crippen molar-refractivity contribution in [2.24, 2.45) is 0 Å². The van der Waals surface area contributed by atoms with Crippen molar-refractivity contribution in [2.75, 3.05) is 0 Å². The zero-order valence-electron chi connectivity index (χ0n) is 12.2. The lowest BCUT2D eigenvalue weighted by atomic mass is 10.1. The molecule has 22 heavy (non-hydrogen) atoms. The van der Waals surface area contributed by atoms with E-state index in [0.717, 1.165) is 22.0 Å². The summed E-state index contributed by atoms with van der Waals surface area (Å²) in [6, 6.07) is 19.6. The molecule has 0 saturated heterocycles. The van der Waals surface area contributed by atoms with Crippen molar-refractivity contribution in [3.63, 3.8) is 0 Å². The number of carbonyl (C=O) groups is 1. The van der Waals surface area contributed by atoms with Crippen LogP contribution in [0.15, 0.2) is 66.9 Å². The highest BCUT2D eigenvalue weighted by Gasteiger charge is 2.20. The number of hydrogen-bond donors (Lipinski definition) is 0. The van der Waals surface area contributed by atoms with E-state index in [2.05, 4.69) is 0 Å². The summed E-state index contributed by atoms with van der Waals surface area (Å²) in [5, 5.41) is 2.13. The minimum atomic E-state index is -0.359. The van der Waals surface area contributed by atoms with Crippen molar-refractivity contribution >= 4 is 16.9 Å². The molecule has 0 amide bonds. The molecule has 1 heterocycles. The molecule has 0 fully saturated rings. The summed E-state index contributed by atoms with van der Waals surface area (Å²) in [7, 11) is 0. The van der Waals surface area contributed by atoms with Crippen molar-refractivity contribution in [2.45, 2.75) is 13.5 Å². The third kappa shape index (κ3) is 3.43. The van der Waals surface area contributed by atoms with Gasteiger partial charge in [-0.05, 0) is 17.0 Å². The van der Waals surface area contributed by atoms with Crippen LogP contribution in [0.4, 0.5) is 4.79 Å². The van der Waals surface area contributed by atoms with Gasteiger partial charge in [-0.15, -0.1) is 0 Å². The average molecular weight is 314 g/mol. The average Bonchev–Trinajstić information content (AvgIpc) is 2.53. The van der Waals surface area contributed by atoms with Gasteiger partial charge in [0.1, 0.15) is 6.61 Å². The first-order chi connectivity index (χ1) is 10.2. The van der Waals surface area contributed by atoms with Crippen molar-refractivity contribution in [3.05, 3.63) is 78.1 Å². The fourth-order valence-electron chi connectivity index (χ4n) is 2.28. The van der Waals surface area contributed by atoms with E-state index in [1.807, 2.05) is 73.8 Å². The lowest BCUT2D eigenvalue weighted by molar-refractivity contribution is -0.591. The van der Waals surface area contributed by atoms with E-state index < -0.39 is 0 Å². The molecule has 0 spiro atoms. The number of fused-ring (bicyclic) bond motifs is 1. The van der Waals surface area contributed by atoms with Crippen LogP contribution in [0.1, 0.15) is 11.3 Å². The summed E-state index contributed by atoms with van der Waals surface area (Å²) in [5.41, 5.74) is 1.83. The molecule has 0 radical (unpaired) electrons. The highest BCUT2D eigenvalue weighted by atomic mass is 35.5. The smallest absolute Gasteiger partial charge is 0.602 e. The van der Waals surface area contributed by atoms with Crippen LogP contribution < -0.4 is 17.0 Å². The van der Waals surface area contributed by atoms with Crippen LogP contribution in [0.5, 0.6) is 0 Å². The van der Waals surface area contributed by atoms with Crippen molar-refractivity contribution in [1.29, 1.82) is 0 Å². The highest BCUT2D eigenvalue weighted by molar-refractivity contribution is 5.81. The van der Waals surface area contributed by atoms with Crippen LogP contribution in [-0.2, 0) is 11.3 Å². The first-order valence-electron chi connectivity index (χ1n) is 6.86. The van der Waals surface area contributed by atoms with Crippen LogP contribution in [0.25, 0.3) is 10.8 Å². The Bertz CT molecular complexity index is 787. The Balaban J connectivity index is 0.00000176. The fourth-order valence-corrected chi connectivity index (χ4v) is 2.28. The molecule has 0 atom stereocenters. The van der Waals surface area contributed by atoms with Gasteiger partial charge >= 0.3 is 6.09 Å². The number of carbonyl (C=O) groups excluding carboxylic acids is 1. The van der Waals surface area contributed by atoms with Crippen LogP contribution in [-0.4, -0.2) is 6.09 Å². The molecule has 0 N–H and O–H groups in total. The lowest BCUT2D eigenvalue weighted by Gasteiger charge is -2.03. The van der Waals surface area contributed by atoms with E-state index >= 15 is 0 Å². The van der Waals surface area contributed by atoms with Gasteiger partial charge in [-0.25, -0.2) is 0 Å². The molecule has 0 aliphatic heterocycles. The number of pyridine rings is 1. The number of benzene rings is 2. The van der Waals surface area contributed by atoms with Crippen LogP contribution >= 0.6 is 0 Å². The van der Waals surface area contributed by atoms with Gasteiger partial charge in [0.15, 0.2) is 11.9 Å². The molecule has 3 nitrogen and oxygen atoms in total. The van der Waals surface area contributed by atoms with Gasteiger partial charge < -0.3 is 17.1 Å². The molecule has 0 bridgehead atoms. The normalized spacial score (nSPS) is 10.0. The number of ether oxygens (including phenoxy) is 1. The topological polar surface area (TPSA) is 30.2 Å². The van der Waals surface area contributed by atoms with Crippen molar-refractivity contribution < 1.29 is 26.5 Å². The summed E-state index contributed by atoms with van der Waals surface area (Å²) in [6.07, 6.45) is 1.46. The Labute approximate surface area is 135 Å². The third-order valence-electron chi connectivity index (χ3n) is 3.41. The summed E-state index contributed by atoms with van der Waals surface area (Å²) in [6.45, 7) is 2.18. The molecule has 0 aliphatic rings. The maximum absolute atomic E-state index is 12.2. The van der Waals surface area contributed by atoms with Crippen molar-refractivity contribution in [3.8, 4) is 0 Å². The molecular formula is C18H16ClNO2. The molecule has 4 heteroatoms. The third-order valence-corrected chi connectivity index (χ3v) is 3.41. The van der Waals surface area contributed by atoms with Gasteiger partial charge in [-0.2, -0.15) is 4.79 Å². The highest BCUT2D eigenvalue weighted by Crippen LogP contribution is 2.12. The van der Waals surface area contributed by atoms with E-state index in [9.17, 15) is 4.79 Å². The quantitative estimate of drug-likeness (QED) is 0.650. The molecular weight excluding hydrogens is 298 g/mol. The zero-order valence-corrected chi connectivity index (χ0v) is 13.0. The summed E-state index contributed by atoms with van der Waals surface area (Å²) < 4.78 is 6.91. The van der Waals surface area contributed by atoms with Gasteiger partial charge in [0.05, 0.1) is 0 Å². The van der Waals surface area contributed by atoms with Gasteiger partial charge in [0.2, 0.25) is 0 Å². The van der Waals surface area contributed by atoms with Crippen molar-refractivity contribution in [1.82, 2.24) is 0 Å². The largest absolute Gasteiger partial charge is 1.00 e. The Kier molecular flexibility index (Phi) is 5.12. The van der Waals surface area contributed by atoms with Crippen LogP contribution in [0.2, 0.25) is 0 Å². The predicted octanol–water partition coefficient (Wildman–Crippen LogP) is 0.625. The Hall–Kier alpha value is -2.39. The fraction of sp³-hybridized carbons (Fsp3) is 0.111. The molecule has 1 aromatic heterocycles. The Morgan fingerprint density at radius 2 is 1.64 bits per heavy atom. The summed E-state index contributed by atoms with van der Waals surface area (Å²) in [4.78, 5) is 12.2. The second-order valence-electron chi connectivity index (χ2n) is 4.95. The molecule has 0 aliphatic carbocycles. The lowest BCUT2D eigenvalue weighted by Crippen LogP contribution is -3.00. The van der Waals surface area contributed by atoms with Gasteiger partial charge in [-0.1, -0.05) is 53.1 Å². The second kappa shape index (κ2) is 7.05. The Morgan fingerprint density at radius 3 is 2.36 bits per heavy atom. The maximum Gasteiger partial charge on any atom is 0.602 e. The minimum Gasteiger partial charge on any atom is -1.00 e. The molecule has 0 saturated carbocycles. The van der Waals surface area contributed by atoms with Gasteiger partial charge in [-0.3, -0.25) is 0 Å². The van der Waals surface area contributed by atoms with Crippen LogP contribution in [0.3, 0.4) is 0 Å². The number of halogens is 1. The van der Waals surface area contributed by atoms with E-state index in [0.29, 0.717) is 0 Å². The monoisotopic (exact) mass is 313 g/mol. The minimum absolute atomic E-state index is 0. The van der Waals surface area contributed by atoms with E-state index in [1.165, 1.54) is 0 Å². The summed E-state index contributed by atoms with van der Waals surface area (Å²) in [5.74, 6) is 0. The molecule has 2 aromatic carbocycles. The number of rotatable bonds is 2. The second-order valence-corrected chi connectivity index (χ2v) is 4.95. The van der Waals surface area contributed by atoms with Gasteiger partial charge in [0, 0.05) is 18.4 Å². The van der Waals surface area contributed by atoms with Gasteiger partial charge in [0.25, 0.3) is 0 Å². The predicted molar refractivity (Wildman–Crippen MR) is 80.9 cm³/mol. The summed E-state index contributed by atoms with van der Waals surface area (Å²) >= 11 is 0. The molecule has 3 rings (SSSR count). The first-order valence-corrected chi connectivity index (χ1v) is 6.86. The Morgan fingerprint density at radius 1 is 1.00 bits per heavy atom. The number of nitrogens with zero attached hydrogens (tertiary/aromatic N) is 1. The molecule has 3 aromatic rings. The zero-order chi connectivity index (χ0) is 14.7. The standard InChI is InChI=1S/C18H16NO2.ClH/c1-14-11-16-9-5-6-10-17(16)12-19(14)18(20)21-13-15-7-3-2-4-8-15;/h2-12H,13H2,1H3;1H/q+1;/p-1. The molecule has 0 unspecified atom stereocenters. The van der Waals surface area contributed by atoms with Crippen LogP contribution in [0, 0.1) is 6.92 Å². The maximum atomic E-state index is 12.2.